The molecular formula is C15H30N2O2. The van der Waals surface area contributed by atoms with Gasteiger partial charge < -0.3 is 15.3 Å². The summed E-state index contributed by atoms with van der Waals surface area (Å²) in [7, 11) is 0. The summed E-state index contributed by atoms with van der Waals surface area (Å²) >= 11 is 0. The minimum Gasteiger partial charge on any atom is -0.480 e. The fraction of sp³-hybridized carbons (Fsp3) is 0.933. The molecule has 0 aromatic carbocycles. The molecule has 19 heavy (non-hydrogen) atoms. The zero-order chi connectivity index (χ0) is 14.3. The van der Waals surface area contributed by atoms with Crippen molar-refractivity contribution in [2.24, 2.45) is 5.92 Å². The van der Waals surface area contributed by atoms with Crippen molar-refractivity contribution in [1.29, 1.82) is 0 Å². The van der Waals surface area contributed by atoms with E-state index in [4.69, 9.17) is 0 Å². The maximum absolute atomic E-state index is 11.4. The zero-order valence-electron chi connectivity index (χ0n) is 12.7. The van der Waals surface area contributed by atoms with Gasteiger partial charge in [-0.2, -0.15) is 0 Å². The molecular weight excluding hydrogens is 240 g/mol. The summed E-state index contributed by atoms with van der Waals surface area (Å²) in [5, 5.41) is 12.5. The van der Waals surface area contributed by atoms with E-state index < -0.39 is 11.5 Å². The van der Waals surface area contributed by atoms with Crippen molar-refractivity contribution >= 4 is 5.97 Å². The largest absolute Gasteiger partial charge is 0.480 e. The average molecular weight is 270 g/mol. The molecule has 4 nitrogen and oxygen atoms in total. The summed E-state index contributed by atoms with van der Waals surface area (Å²) in [6.07, 6.45) is 5.18. The Morgan fingerprint density at radius 3 is 2.58 bits per heavy atom. The third kappa shape index (κ3) is 5.49. The highest BCUT2D eigenvalue weighted by atomic mass is 16.4. The fourth-order valence-electron chi connectivity index (χ4n) is 2.61. The number of aliphatic carboxylic acids is 1. The quantitative estimate of drug-likeness (QED) is 0.711. The fourth-order valence-corrected chi connectivity index (χ4v) is 2.61. The minimum atomic E-state index is -0.765. The van der Waals surface area contributed by atoms with E-state index in [1.54, 1.807) is 0 Å². The highest BCUT2D eigenvalue weighted by Gasteiger charge is 2.31. The molecule has 1 saturated heterocycles. The predicted molar refractivity (Wildman–Crippen MR) is 78.4 cm³/mol. The van der Waals surface area contributed by atoms with Gasteiger partial charge in [-0.15, -0.1) is 0 Å². The Balaban J connectivity index is 2.30. The van der Waals surface area contributed by atoms with Crippen molar-refractivity contribution in [1.82, 2.24) is 10.2 Å². The van der Waals surface area contributed by atoms with Crippen molar-refractivity contribution in [2.45, 2.75) is 58.4 Å². The summed E-state index contributed by atoms with van der Waals surface area (Å²) in [4.78, 5) is 13.9. The lowest BCUT2D eigenvalue weighted by Crippen LogP contribution is -2.50. The van der Waals surface area contributed by atoms with Crippen LogP contribution in [0.15, 0.2) is 0 Å². The summed E-state index contributed by atoms with van der Waals surface area (Å²) in [5.41, 5.74) is -0.765. The minimum absolute atomic E-state index is 0.703. The smallest absolute Gasteiger partial charge is 0.323 e. The van der Waals surface area contributed by atoms with E-state index >= 15 is 0 Å². The van der Waals surface area contributed by atoms with E-state index in [2.05, 4.69) is 24.1 Å². The number of nitrogens with zero attached hydrogens (tertiary/aromatic N) is 1. The standard InChI is InChI=1S/C15H30N2O2/c1-4-9-16-15(3,14(18)19)8-5-10-17-11-6-13(2)7-12-17/h13,16H,4-12H2,1-3H3,(H,18,19). The van der Waals surface area contributed by atoms with Crippen molar-refractivity contribution in [2.75, 3.05) is 26.2 Å². The van der Waals surface area contributed by atoms with Crippen LogP contribution in [-0.4, -0.2) is 47.7 Å². The van der Waals surface area contributed by atoms with Crippen molar-refractivity contribution in [3.05, 3.63) is 0 Å². The van der Waals surface area contributed by atoms with E-state index in [1.807, 2.05) is 6.92 Å². The Labute approximate surface area is 117 Å². The first kappa shape index (κ1) is 16.4. The SMILES string of the molecule is CCCNC(C)(CCCN1CCC(C)CC1)C(=O)O. The van der Waals surface area contributed by atoms with Crippen molar-refractivity contribution in [3.63, 3.8) is 0 Å². The first-order valence-electron chi connectivity index (χ1n) is 7.68. The monoisotopic (exact) mass is 270 g/mol. The normalized spacial score (nSPS) is 21.2. The molecule has 1 heterocycles. The van der Waals surface area contributed by atoms with Gasteiger partial charge in [0.15, 0.2) is 0 Å². The third-order valence-electron chi connectivity index (χ3n) is 4.26. The van der Waals surface area contributed by atoms with E-state index in [0.29, 0.717) is 6.42 Å². The topological polar surface area (TPSA) is 52.6 Å². The van der Waals surface area contributed by atoms with Gasteiger partial charge >= 0.3 is 5.97 Å². The molecule has 0 bridgehead atoms. The molecule has 0 spiro atoms. The maximum atomic E-state index is 11.4. The van der Waals surface area contributed by atoms with Gasteiger partial charge in [0.25, 0.3) is 0 Å². The lowest BCUT2D eigenvalue weighted by molar-refractivity contribution is -0.144. The molecule has 0 radical (unpaired) electrons. The van der Waals surface area contributed by atoms with Crippen LogP contribution < -0.4 is 5.32 Å². The second-order valence-corrected chi connectivity index (χ2v) is 6.19. The summed E-state index contributed by atoms with van der Waals surface area (Å²) in [6.45, 7) is 10.3. The lowest BCUT2D eigenvalue weighted by Gasteiger charge is -2.32. The molecule has 4 heteroatoms. The Kier molecular flexibility index (Phi) is 6.80. The van der Waals surface area contributed by atoms with Crippen LogP contribution in [-0.2, 0) is 4.79 Å². The Hall–Kier alpha value is -0.610. The van der Waals surface area contributed by atoms with Gasteiger partial charge in [-0.1, -0.05) is 13.8 Å². The highest BCUT2D eigenvalue weighted by molar-refractivity contribution is 5.78. The predicted octanol–water partition coefficient (Wildman–Crippen LogP) is 2.34. The molecule has 1 atom stereocenters. The van der Waals surface area contributed by atoms with E-state index in [9.17, 15) is 9.90 Å². The molecule has 0 aliphatic carbocycles. The maximum Gasteiger partial charge on any atom is 0.323 e. The number of nitrogens with one attached hydrogen (secondary N) is 1. The zero-order valence-corrected chi connectivity index (χ0v) is 12.7. The Bertz CT molecular complexity index is 275. The summed E-state index contributed by atoms with van der Waals surface area (Å²) in [6, 6.07) is 0. The molecule has 0 aromatic heterocycles. The second kappa shape index (κ2) is 7.85. The molecule has 0 aromatic rings. The summed E-state index contributed by atoms with van der Waals surface area (Å²) in [5.74, 6) is 0.125. The molecule has 1 unspecified atom stereocenters. The highest BCUT2D eigenvalue weighted by Crippen LogP contribution is 2.18. The van der Waals surface area contributed by atoms with Crippen LogP contribution in [0.25, 0.3) is 0 Å². The van der Waals surface area contributed by atoms with Gasteiger partial charge in [-0.05, 0) is 71.1 Å². The second-order valence-electron chi connectivity index (χ2n) is 6.19. The van der Waals surface area contributed by atoms with E-state index in [1.165, 1.54) is 25.9 Å². The summed E-state index contributed by atoms with van der Waals surface area (Å²) < 4.78 is 0. The number of carboxylic acid groups (broad SMARTS) is 1. The van der Waals surface area contributed by atoms with Gasteiger partial charge in [-0.25, -0.2) is 0 Å². The van der Waals surface area contributed by atoms with E-state index in [0.717, 1.165) is 31.8 Å². The van der Waals surface area contributed by atoms with Crippen LogP contribution in [0.2, 0.25) is 0 Å². The molecule has 0 saturated carbocycles. The number of hydrogen-bond donors (Lipinski definition) is 2. The van der Waals surface area contributed by atoms with Crippen LogP contribution in [0.1, 0.15) is 52.9 Å². The number of carbonyl (C=O) groups is 1. The Morgan fingerprint density at radius 1 is 1.42 bits per heavy atom. The molecule has 1 rings (SSSR count). The number of hydrogen-bond acceptors (Lipinski definition) is 3. The van der Waals surface area contributed by atoms with E-state index in [-0.39, 0.29) is 0 Å². The van der Waals surface area contributed by atoms with Gasteiger partial charge in [-0.3, -0.25) is 4.79 Å². The first-order chi connectivity index (χ1) is 8.98. The van der Waals surface area contributed by atoms with Crippen LogP contribution in [0.4, 0.5) is 0 Å². The third-order valence-corrected chi connectivity index (χ3v) is 4.26. The van der Waals surface area contributed by atoms with Gasteiger partial charge in [0.1, 0.15) is 5.54 Å². The number of likely N-dealkylation sites (tertiary alicyclic amines) is 1. The molecule has 1 aliphatic rings. The average Bonchev–Trinajstić information content (AvgIpc) is 2.38. The first-order valence-corrected chi connectivity index (χ1v) is 7.68. The van der Waals surface area contributed by atoms with Gasteiger partial charge in [0.05, 0.1) is 0 Å². The van der Waals surface area contributed by atoms with Crippen LogP contribution in [0.3, 0.4) is 0 Å². The molecule has 0 amide bonds. The van der Waals surface area contributed by atoms with Crippen LogP contribution in [0.5, 0.6) is 0 Å². The van der Waals surface area contributed by atoms with Crippen molar-refractivity contribution < 1.29 is 9.90 Å². The van der Waals surface area contributed by atoms with Crippen LogP contribution >= 0.6 is 0 Å². The van der Waals surface area contributed by atoms with Gasteiger partial charge in [0.2, 0.25) is 0 Å². The number of carboxylic acids is 1. The Morgan fingerprint density at radius 2 is 2.05 bits per heavy atom. The lowest BCUT2D eigenvalue weighted by atomic mass is 9.94. The number of rotatable bonds is 8. The van der Waals surface area contributed by atoms with Crippen LogP contribution in [0, 0.1) is 5.92 Å². The molecule has 2 N–H and O–H groups in total. The van der Waals surface area contributed by atoms with Crippen molar-refractivity contribution in [3.8, 4) is 0 Å². The molecule has 1 aliphatic heterocycles. The number of piperidine rings is 1. The molecule has 1 fully saturated rings. The van der Waals surface area contributed by atoms with Gasteiger partial charge in [0, 0.05) is 0 Å². The molecule has 112 valence electrons.